The first-order valence-electron chi connectivity index (χ1n) is 7.56. The first-order chi connectivity index (χ1) is 10.2. The minimum atomic E-state index is -0.135. The van der Waals surface area contributed by atoms with Crippen LogP contribution in [0.15, 0.2) is 24.3 Å². The maximum absolute atomic E-state index is 12.0. The monoisotopic (exact) mass is 305 g/mol. The molecule has 0 bridgehead atoms. The van der Waals surface area contributed by atoms with Crippen LogP contribution in [0.1, 0.15) is 48.4 Å². The van der Waals surface area contributed by atoms with Gasteiger partial charge in [0.2, 0.25) is 0 Å². The van der Waals surface area contributed by atoms with Gasteiger partial charge in [0.05, 0.1) is 0 Å². The minimum Gasteiger partial charge on any atom is -0.352 e. The van der Waals surface area contributed by atoms with Gasteiger partial charge in [0, 0.05) is 30.3 Å². The molecule has 0 aliphatic rings. The highest BCUT2D eigenvalue weighted by Crippen LogP contribution is 2.11. The van der Waals surface area contributed by atoms with E-state index in [2.05, 4.69) is 36.7 Å². The molecule has 0 fully saturated rings. The number of amides is 2. The molecule has 122 valence electrons. The Bertz CT molecular complexity index is 504. The van der Waals surface area contributed by atoms with E-state index >= 15 is 0 Å². The summed E-state index contributed by atoms with van der Waals surface area (Å²) in [6.45, 7) is 9.34. The maximum Gasteiger partial charge on any atom is 0.251 e. The van der Waals surface area contributed by atoms with Crippen molar-refractivity contribution < 1.29 is 9.59 Å². The summed E-state index contributed by atoms with van der Waals surface area (Å²) in [6, 6.07) is 6.91. The summed E-state index contributed by atoms with van der Waals surface area (Å²) in [5, 5.41) is 8.78. The van der Waals surface area contributed by atoms with E-state index in [9.17, 15) is 9.59 Å². The van der Waals surface area contributed by atoms with Crippen LogP contribution in [0.25, 0.3) is 0 Å². The van der Waals surface area contributed by atoms with E-state index in [0.717, 1.165) is 0 Å². The maximum atomic E-state index is 12.0. The first kappa shape index (κ1) is 18.2. The van der Waals surface area contributed by atoms with Crippen LogP contribution in [0, 0.1) is 5.41 Å². The molecule has 5 nitrogen and oxygen atoms in total. The van der Waals surface area contributed by atoms with Crippen LogP contribution in [0.4, 0.5) is 0 Å². The molecule has 22 heavy (non-hydrogen) atoms. The van der Waals surface area contributed by atoms with Gasteiger partial charge < -0.3 is 16.0 Å². The average molecular weight is 305 g/mol. The molecule has 1 rings (SSSR count). The molecule has 0 saturated heterocycles. The topological polar surface area (TPSA) is 70.2 Å². The van der Waals surface area contributed by atoms with Crippen LogP contribution in [0.2, 0.25) is 0 Å². The number of carbonyl (C=O) groups is 2. The zero-order valence-electron chi connectivity index (χ0n) is 14.1. The molecule has 5 heteroatoms. The second-order valence-corrected chi connectivity index (χ2v) is 6.72. The summed E-state index contributed by atoms with van der Waals surface area (Å²) in [5.41, 5.74) is 1.15. The quantitative estimate of drug-likeness (QED) is 0.750. The molecule has 0 radical (unpaired) electrons. The van der Waals surface area contributed by atoms with Crippen molar-refractivity contribution in [3.05, 3.63) is 35.4 Å². The van der Waals surface area contributed by atoms with Gasteiger partial charge in [-0.1, -0.05) is 20.8 Å². The molecule has 0 heterocycles. The number of nitrogens with one attached hydrogen (secondary N) is 3. The summed E-state index contributed by atoms with van der Waals surface area (Å²) in [5.74, 6) is -0.255. The van der Waals surface area contributed by atoms with E-state index < -0.39 is 0 Å². The largest absolute Gasteiger partial charge is 0.352 e. The van der Waals surface area contributed by atoms with Crippen molar-refractivity contribution in [2.45, 2.75) is 33.7 Å². The molecule has 1 unspecified atom stereocenters. The third kappa shape index (κ3) is 6.26. The van der Waals surface area contributed by atoms with Crippen molar-refractivity contribution in [2.24, 2.45) is 5.41 Å². The van der Waals surface area contributed by atoms with Crippen LogP contribution >= 0.6 is 0 Å². The van der Waals surface area contributed by atoms with Crippen molar-refractivity contribution in [3.63, 3.8) is 0 Å². The molecule has 0 aliphatic carbocycles. The van der Waals surface area contributed by atoms with E-state index in [1.807, 2.05) is 14.0 Å². The third-order valence-corrected chi connectivity index (χ3v) is 3.25. The second kappa shape index (κ2) is 7.94. The highest BCUT2D eigenvalue weighted by atomic mass is 16.2. The SMILES string of the molecule is CNC(C)CNC(=O)c1ccc(C(=O)NCC(C)(C)C)cc1. The Morgan fingerprint density at radius 2 is 1.45 bits per heavy atom. The summed E-state index contributed by atoms with van der Waals surface area (Å²) in [4.78, 5) is 24.0. The zero-order valence-corrected chi connectivity index (χ0v) is 14.1. The Hall–Kier alpha value is -1.88. The van der Waals surface area contributed by atoms with Gasteiger partial charge >= 0.3 is 0 Å². The van der Waals surface area contributed by atoms with Crippen LogP contribution in [-0.2, 0) is 0 Å². The Balaban J connectivity index is 2.58. The molecule has 1 aromatic carbocycles. The van der Waals surface area contributed by atoms with E-state index in [4.69, 9.17) is 0 Å². The lowest BCUT2D eigenvalue weighted by Gasteiger charge is -2.18. The number of rotatable bonds is 6. The van der Waals surface area contributed by atoms with Gasteiger partial charge in [-0.3, -0.25) is 9.59 Å². The highest BCUT2D eigenvalue weighted by molar-refractivity contribution is 5.97. The fourth-order valence-corrected chi connectivity index (χ4v) is 1.67. The Kier molecular flexibility index (Phi) is 6.56. The summed E-state index contributed by atoms with van der Waals surface area (Å²) in [7, 11) is 1.85. The van der Waals surface area contributed by atoms with Crippen molar-refractivity contribution >= 4 is 11.8 Å². The van der Waals surface area contributed by atoms with Gasteiger partial charge in [0.1, 0.15) is 0 Å². The normalized spacial score (nSPS) is 12.6. The fourth-order valence-electron chi connectivity index (χ4n) is 1.67. The second-order valence-electron chi connectivity index (χ2n) is 6.72. The van der Waals surface area contributed by atoms with Crippen molar-refractivity contribution in [3.8, 4) is 0 Å². The molecule has 0 spiro atoms. The average Bonchev–Trinajstić information content (AvgIpc) is 2.49. The van der Waals surface area contributed by atoms with Crippen molar-refractivity contribution in [1.82, 2.24) is 16.0 Å². The van der Waals surface area contributed by atoms with Gasteiger partial charge in [-0.25, -0.2) is 0 Å². The lowest BCUT2D eigenvalue weighted by atomic mass is 9.97. The van der Waals surface area contributed by atoms with Gasteiger partial charge in [0.25, 0.3) is 11.8 Å². The molecule has 2 amide bonds. The molecular weight excluding hydrogens is 278 g/mol. The number of hydrogen-bond acceptors (Lipinski definition) is 3. The minimum absolute atomic E-state index is 0.0412. The lowest BCUT2D eigenvalue weighted by molar-refractivity contribution is 0.0932. The van der Waals surface area contributed by atoms with Gasteiger partial charge in [-0.05, 0) is 43.7 Å². The van der Waals surface area contributed by atoms with Crippen molar-refractivity contribution in [1.29, 1.82) is 0 Å². The smallest absolute Gasteiger partial charge is 0.251 e. The molecular formula is C17H27N3O2. The number of likely N-dealkylation sites (N-methyl/N-ethyl adjacent to an activating group) is 1. The standard InChI is InChI=1S/C17H27N3O2/c1-12(18-5)10-19-15(21)13-6-8-14(9-7-13)16(22)20-11-17(2,3)4/h6-9,12,18H,10-11H2,1-5H3,(H,19,21)(H,20,22). The van der Waals surface area contributed by atoms with Gasteiger partial charge in [0.15, 0.2) is 0 Å². The van der Waals surface area contributed by atoms with Gasteiger partial charge in [-0.15, -0.1) is 0 Å². The molecule has 1 aromatic rings. The Labute approximate surface area is 132 Å². The van der Waals surface area contributed by atoms with E-state index in [1.54, 1.807) is 24.3 Å². The Morgan fingerprint density at radius 3 is 1.86 bits per heavy atom. The zero-order chi connectivity index (χ0) is 16.8. The molecule has 3 N–H and O–H groups in total. The van der Waals surface area contributed by atoms with Crippen LogP contribution < -0.4 is 16.0 Å². The fraction of sp³-hybridized carbons (Fsp3) is 0.529. The molecule has 1 atom stereocenters. The summed E-state index contributed by atoms with van der Waals surface area (Å²) < 4.78 is 0. The number of benzene rings is 1. The Morgan fingerprint density at radius 1 is 1.00 bits per heavy atom. The predicted octanol–water partition coefficient (Wildman–Crippen LogP) is 1.80. The van der Waals surface area contributed by atoms with Crippen molar-refractivity contribution in [2.75, 3.05) is 20.1 Å². The number of hydrogen-bond donors (Lipinski definition) is 3. The van der Waals surface area contributed by atoms with E-state index in [-0.39, 0.29) is 23.3 Å². The number of carbonyl (C=O) groups excluding carboxylic acids is 2. The van der Waals surface area contributed by atoms with Crippen LogP contribution in [0.5, 0.6) is 0 Å². The van der Waals surface area contributed by atoms with Crippen LogP contribution in [-0.4, -0.2) is 38.0 Å². The van der Waals surface area contributed by atoms with E-state index in [1.165, 1.54) is 0 Å². The highest BCUT2D eigenvalue weighted by Gasteiger charge is 2.13. The molecule has 0 aromatic heterocycles. The lowest BCUT2D eigenvalue weighted by Crippen LogP contribution is -2.37. The summed E-state index contributed by atoms with van der Waals surface area (Å²) >= 11 is 0. The third-order valence-electron chi connectivity index (χ3n) is 3.25. The van der Waals surface area contributed by atoms with Gasteiger partial charge in [-0.2, -0.15) is 0 Å². The summed E-state index contributed by atoms with van der Waals surface area (Å²) in [6.07, 6.45) is 0. The van der Waals surface area contributed by atoms with E-state index in [0.29, 0.717) is 24.2 Å². The van der Waals surface area contributed by atoms with Crippen LogP contribution in [0.3, 0.4) is 0 Å². The molecule has 0 saturated carbocycles. The molecule has 0 aliphatic heterocycles. The first-order valence-corrected chi connectivity index (χ1v) is 7.56. The predicted molar refractivity (Wildman–Crippen MR) is 89.1 cm³/mol.